The second-order valence-corrected chi connectivity index (χ2v) is 7.24. The van der Waals surface area contributed by atoms with Gasteiger partial charge in [-0.25, -0.2) is 15.2 Å². The molecule has 0 aliphatic carbocycles. The molecule has 3 N–H and O–H groups in total. The van der Waals surface area contributed by atoms with Gasteiger partial charge in [-0.1, -0.05) is 43.6 Å². The van der Waals surface area contributed by atoms with E-state index in [2.05, 4.69) is 21.2 Å². The first-order valence-corrected chi connectivity index (χ1v) is 9.30. The molecule has 1 unspecified atom stereocenters. The first kappa shape index (κ1) is 19.7. The van der Waals surface area contributed by atoms with Crippen molar-refractivity contribution in [2.75, 3.05) is 0 Å². The van der Waals surface area contributed by atoms with E-state index in [1.54, 1.807) is 29.7 Å². The van der Waals surface area contributed by atoms with E-state index in [9.17, 15) is 9.59 Å². The second-order valence-electron chi connectivity index (χ2n) is 6.80. The lowest BCUT2D eigenvalue weighted by atomic mass is 9.96. The number of aryl methyl sites for hydroxylation is 1. The Morgan fingerprint density at radius 3 is 2.46 bits per heavy atom. The summed E-state index contributed by atoms with van der Waals surface area (Å²) in [6.07, 6.45) is 1.75. The molecule has 3 amide bonds. The molecule has 2 aromatic heterocycles. The van der Waals surface area contributed by atoms with Crippen molar-refractivity contribution < 1.29 is 9.59 Å². The summed E-state index contributed by atoms with van der Waals surface area (Å²) in [7, 11) is 0. The van der Waals surface area contributed by atoms with Gasteiger partial charge in [0.05, 0.1) is 11.7 Å². The third kappa shape index (κ3) is 4.26. The van der Waals surface area contributed by atoms with Crippen molar-refractivity contribution in [3.8, 4) is 0 Å². The van der Waals surface area contributed by atoms with Crippen LogP contribution in [-0.4, -0.2) is 21.3 Å². The molecule has 2 heterocycles. The number of rotatable bonds is 4. The predicted molar refractivity (Wildman–Crippen MR) is 108 cm³/mol. The molecule has 0 saturated heterocycles. The molecule has 0 aliphatic rings. The van der Waals surface area contributed by atoms with Gasteiger partial charge >= 0.3 is 6.03 Å². The summed E-state index contributed by atoms with van der Waals surface area (Å²) < 4.78 is 1.68. The Morgan fingerprint density at radius 2 is 1.79 bits per heavy atom. The summed E-state index contributed by atoms with van der Waals surface area (Å²) in [6, 6.07) is 12.0. The van der Waals surface area contributed by atoms with Crippen LogP contribution in [0.3, 0.4) is 0 Å². The number of aromatic nitrogens is 2. The highest BCUT2D eigenvalue weighted by Crippen LogP contribution is 2.23. The number of urea groups is 1. The van der Waals surface area contributed by atoms with Crippen LogP contribution in [0.15, 0.2) is 48.7 Å². The summed E-state index contributed by atoms with van der Waals surface area (Å²) in [5.74, 6) is -0.303. The smallest absolute Gasteiger partial charge is 0.330 e. The first-order chi connectivity index (χ1) is 13.4. The van der Waals surface area contributed by atoms with Gasteiger partial charge in [-0.15, -0.1) is 0 Å². The number of nitrogens with one attached hydrogen (secondary N) is 3. The summed E-state index contributed by atoms with van der Waals surface area (Å²) in [6.45, 7) is 5.75. The molecule has 0 saturated carbocycles. The lowest BCUT2D eigenvalue weighted by Crippen LogP contribution is -2.48. The van der Waals surface area contributed by atoms with Gasteiger partial charge in [0.15, 0.2) is 0 Å². The quantitative estimate of drug-likeness (QED) is 0.585. The zero-order valence-corrected chi connectivity index (χ0v) is 16.6. The van der Waals surface area contributed by atoms with Crippen LogP contribution >= 0.6 is 11.6 Å². The van der Waals surface area contributed by atoms with Crippen LogP contribution in [0.5, 0.6) is 0 Å². The fraction of sp³-hybridized carbons (Fsp3) is 0.250. The number of nitrogens with zero attached hydrogens (tertiary/aromatic N) is 2. The van der Waals surface area contributed by atoms with E-state index >= 15 is 0 Å². The molecular formula is C20H22ClN5O2. The molecule has 0 fully saturated rings. The Kier molecular flexibility index (Phi) is 5.84. The van der Waals surface area contributed by atoms with Gasteiger partial charge in [-0.2, -0.15) is 0 Å². The number of fused-ring (bicyclic) bond motifs is 1. The Balaban J connectivity index is 1.66. The van der Waals surface area contributed by atoms with E-state index in [-0.39, 0.29) is 12.0 Å². The zero-order chi connectivity index (χ0) is 20.3. The number of amides is 3. The summed E-state index contributed by atoms with van der Waals surface area (Å²) >= 11 is 5.94. The van der Waals surface area contributed by atoms with Gasteiger partial charge in [0.25, 0.3) is 5.91 Å². The maximum Gasteiger partial charge on any atom is 0.333 e. The predicted octanol–water partition coefficient (Wildman–Crippen LogP) is 3.64. The number of halogens is 1. The van der Waals surface area contributed by atoms with Gasteiger partial charge < -0.3 is 5.32 Å². The fourth-order valence-electron chi connectivity index (χ4n) is 3.04. The summed E-state index contributed by atoms with van der Waals surface area (Å²) in [4.78, 5) is 29.2. The van der Waals surface area contributed by atoms with E-state index in [1.165, 1.54) is 0 Å². The Morgan fingerprint density at radius 1 is 1.07 bits per heavy atom. The van der Waals surface area contributed by atoms with Crippen molar-refractivity contribution in [3.05, 3.63) is 70.6 Å². The molecule has 8 heteroatoms. The zero-order valence-electron chi connectivity index (χ0n) is 15.9. The Labute approximate surface area is 168 Å². The average molecular weight is 400 g/mol. The molecule has 7 nitrogen and oxygen atoms in total. The van der Waals surface area contributed by atoms with Crippen molar-refractivity contribution in [1.82, 2.24) is 25.6 Å². The topological polar surface area (TPSA) is 87.5 Å². The van der Waals surface area contributed by atoms with Crippen molar-refractivity contribution in [1.29, 1.82) is 0 Å². The Bertz CT molecular complexity index is 998. The van der Waals surface area contributed by atoms with Gasteiger partial charge in [0, 0.05) is 11.2 Å². The van der Waals surface area contributed by atoms with Crippen LogP contribution in [0, 0.1) is 12.8 Å². The normalized spacial score (nSPS) is 12.0. The van der Waals surface area contributed by atoms with Crippen LogP contribution in [0.2, 0.25) is 5.02 Å². The number of hydrazine groups is 1. The minimum Gasteiger partial charge on any atom is -0.330 e. The molecule has 0 spiro atoms. The third-order valence-electron chi connectivity index (χ3n) is 4.39. The standard InChI is InChI=1S/C20H22ClN5O2/c1-12(2)17(14-7-9-15(21)10-8-14)23-20(28)25-24-19(27)18-13(3)22-16-6-4-5-11-26(16)18/h4-12,17H,1-3H3,(H,24,27)(H2,23,25,28). The number of hydrogen-bond acceptors (Lipinski definition) is 3. The maximum absolute atomic E-state index is 12.5. The molecule has 3 aromatic rings. The molecule has 1 atom stereocenters. The number of pyridine rings is 1. The number of carbonyl (C=O) groups is 2. The maximum atomic E-state index is 12.5. The van der Waals surface area contributed by atoms with E-state index in [1.807, 2.05) is 44.2 Å². The lowest BCUT2D eigenvalue weighted by molar-refractivity contribution is 0.0929. The highest BCUT2D eigenvalue weighted by atomic mass is 35.5. The van der Waals surface area contributed by atoms with Gasteiger partial charge in [-0.3, -0.25) is 14.6 Å². The molecule has 146 valence electrons. The van der Waals surface area contributed by atoms with Gasteiger partial charge in [0.2, 0.25) is 0 Å². The number of benzene rings is 1. The second kappa shape index (κ2) is 8.31. The van der Waals surface area contributed by atoms with E-state index in [4.69, 9.17) is 11.6 Å². The fourth-order valence-corrected chi connectivity index (χ4v) is 3.17. The van der Waals surface area contributed by atoms with Gasteiger partial charge in [0.1, 0.15) is 11.3 Å². The molecular weight excluding hydrogens is 378 g/mol. The minimum absolute atomic E-state index is 0.142. The monoisotopic (exact) mass is 399 g/mol. The van der Waals surface area contributed by atoms with Crippen LogP contribution in [-0.2, 0) is 0 Å². The largest absolute Gasteiger partial charge is 0.333 e. The van der Waals surface area contributed by atoms with Crippen LogP contribution in [0.4, 0.5) is 4.79 Å². The lowest BCUT2D eigenvalue weighted by Gasteiger charge is -2.23. The van der Waals surface area contributed by atoms with E-state index in [0.717, 1.165) is 5.56 Å². The minimum atomic E-state index is -0.506. The molecule has 3 rings (SSSR count). The molecule has 0 aliphatic heterocycles. The SMILES string of the molecule is Cc1nc2ccccn2c1C(=O)NNC(=O)NC(c1ccc(Cl)cc1)C(C)C. The van der Waals surface area contributed by atoms with Crippen LogP contribution < -0.4 is 16.2 Å². The molecule has 1 aromatic carbocycles. The van der Waals surface area contributed by atoms with E-state index < -0.39 is 11.9 Å². The van der Waals surface area contributed by atoms with E-state index in [0.29, 0.717) is 22.1 Å². The average Bonchev–Trinajstić information content (AvgIpc) is 3.00. The van der Waals surface area contributed by atoms with Gasteiger partial charge in [-0.05, 0) is 42.7 Å². The first-order valence-electron chi connectivity index (χ1n) is 8.93. The van der Waals surface area contributed by atoms with Crippen LogP contribution in [0.25, 0.3) is 5.65 Å². The highest BCUT2D eigenvalue weighted by Gasteiger charge is 2.20. The number of carbonyl (C=O) groups excluding carboxylic acids is 2. The molecule has 0 radical (unpaired) electrons. The van der Waals surface area contributed by atoms with Crippen molar-refractivity contribution in [2.24, 2.45) is 5.92 Å². The summed E-state index contributed by atoms with van der Waals surface area (Å²) in [5.41, 5.74) is 7.39. The number of hydrogen-bond donors (Lipinski definition) is 3. The van der Waals surface area contributed by atoms with Crippen molar-refractivity contribution >= 4 is 29.2 Å². The summed E-state index contributed by atoms with van der Waals surface area (Å²) in [5, 5.41) is 3.51. The Hall–Kier alpha value is -3.06. The van der Waals surface area contributed by atoms with Crippen molar-refractivity contribution in [2.45, 2.75) is 26.8 Å². The third-order valence-corrected chi connectivity index (χ3v) is 4.64. The highest BCUT2D eigenvalue weighted by molar-refractivity contribution is 6.30. The molecule has 0 bridgehead atoms. The van der Waals surface area contributed by atoms with Crippen LogP contribution in [0.1, 0.15) is 41.6 Å². The molecule has 28 heavy (non-hydrogen) atoms. The number of imidazole rings is 1. The van der Waals surface area contributed by atoms with Crippen molar-refractivity contribution in [3.63, 3.8) is 0 Å².